The van der Waals surface area contributed by atoms with Gasteiger partial charge in [0.15, 0.2) is 0 Å². The maximum absolute atomic E-state index is 10.4. The van der Waals surface area contributed by atoms with Crippen molar-refractivity contribution >= 4 is 10.9 Å². The molecule has 4 aromatic rings. The molecule has 0 radical (unpaired) electrons. The SMILES string of the molecule is Cc1c(C#N)cc(CN2CCC(CO)(Cc3ccc4ccccc4n3)CC2)cc1Cn1ccnc1. The molecule has 1 fully saturated rings. The molecule has 0 spiro atoms. The lowest BCUT2D eigenvalue weighted by Crippen LogP contribution is -2.43. The summed E-state index contributed by atoms with van der Waals surface area (Å²) in [7, 11) is 0. The number of nitriles is 1. The van der Waals surface area contributed by atoms with Crippen molar-refractivity contribution in [1.82, 2.24) is 19.4 Å². The molecule has 0 unspecified atom stereocenters. The molecular formula is C29H31N5O. The summed E-state index contributed by atoms with van der Waals surface area (Å²) in [5, 5.41) is 21.2. The molecule has 3 heterocycles. The van der Waals surface area contributed by atoms with Gasteiger partial charge in [0.25, 0.3) is 0 Å². The lowest BCUT2D eigenvalue weighted by Gasteiger charge is -2.41. The van der Waals surface area contributed by atoms with E-state index in [1.807, 2.05) is 48.3 Å². The van der Waals surface area contributed by atoms with Gasteiger partial charge in [0.05, 0.1) is 23.5 Å². The van der Waals surface area contributed by atoms with E-state index < -0.39 is 0 Å². The summed E-state index contributed by atoms with van der Waals surface area (Å²) < 4.78 is 2.03. The first kappa shape index (κ1) is 23.2. The number of nitrogens with zero attached hydrogens (tertiary/aromatic N) is 5. The van der Waals surface area contributed by atoms with Crippen LogP contribution in [0.5, 0.6) is 0 Å². The fourth-order valence-electron chi connectivity index (χ4n) is 5.21. The zero-order valence-corrected chi connectivity index (χ0v) is 20.2. The normalized spacial score (nSPS) is 15.8. The molecule has 5 rings (SSSR count). The van der Waals surface area contributed by atoms with Crippen LogP contribution in [0, 0.1) is 23.7 Å². The predicted octanol–water partition coefficient (Wildman–Crippen LogP) is 4.48. The van der Waals surface area contributed by atoms with E-state index in [2.05, 4.69) is 40.2 Å². The number of benzene rings is 2. The van der Waals surface area contributed by atoms with E-state index >= 15 is 0 Å². The van der Waals surface area contributed by atoms with Crippen LogP contribution in [0.25, 0.3) is 10.9 Å². The number of piperidine rings is 1. The van der Waals surface area contributed by atoms with E-state index in [1.165, 1.54) is 0 Å². The van der Waals surface area contributed by atoms with E-state index in [-0.39, 0.29) is 12.0 Å². The molecule has 6 nitrogen and oxygen atoms in total. The minimum atomic E-state index is -0.135. The first-order chi connectivity index (χ1) is 17.1. The van der Waals surface area contributed by atoms with Gasteiger partial charge in [-0.05, 0) is 74.2 Å². The molecule has 0 saturated carbocycles. The van der Waals surface area contributed by atoms with Gasteiger partial charge in [-0.15, -0.1) is 0 Å². The van der Waals surface area contributed by atoms with Gasteiger partial charge in [-0.25, -0.2) is 4.98 Å². The van der Waals surface area contributed by atoms with Crippen molar-refractivity contribution in [2.45, 2.75) is 39.3 Å². The molecule has 0 bridgehead atoms. The van der Waals surface area contributed by atoms with E-state index in [4.69, 9.17) is 4.98 Å². The average Bonchev–Trinajstić information content (AvgIpc) is 3.40. The highest BCUT2D eigenvalue weighted by atomic mass is 16.3. The minimum Gasteiger partial charge on any atom is -0.396 e. The fraction of sp³-hybridized carbons (Fsp3) is 0.345. The van der Waals surface area contributed by atoms with Crippen molar-refractivity contribution < 1.29 is 5.11 Å². The molecule has 0 amide bonds. The van der Waals surface area contributed by atoms with Gasteiger partial charge in [-0.3, -0.25) is 9.88 Å². The zero-order chi connectivity index (χ0) is 24.3. The van der Waals surface area contributed by atoms with Crippen LogP contribution in [-0.4, -0.2) is 44.2 Å². The quantitative estimate of drug-likeness (QED) is 0.436. The highest BCUT2D eigenvalue weighted by Crippen LogP contribution is 2.35. The Bertz CT molecular complexity index is 1350. The summed E-state index contributed by atoms with van der Waals surface area (Å²) in [4.78, 5) is 11.4. The van der Waals surface area contributed by atoms with Gasteiger partial charge in [0, 0.05) is 48.6 Å². The molecule has 1 aliphatic heterocycles. The van der Waals surface area contributed by atoms with Gasteiger partial charge >= 0.3 is 0 Å². The van der Waals surface area contributed by atoms with Crippen molar-refractivity contribution in [2.24, 2.45) is 5.41 Å². The molecule has 35 heavy (non-hydrogen) atoms. The number of hydrogen-bond acceptors (Lipinski definition) is 5. The second kappa shape index (κ2) is 9.99. The van der Waals surface area contributed by atoms with Crippen LogP contribution in [-0.2, 0) is 19.5 Å². The number of pyridine rings is 1. The number of fused-ring (bicyclic) bond motifs is 1. The molecule has 2 aromatic carbocycles. The van der Waals surface area contributed by atoms with Crippen LogP contribution < -0.4 is 0 Å². The number of hydrogen-bond donors (Lipinski definition) is 1. The fourth-order valence-corrected chi connectivity index (χ4v) is 5.21. The third kappa shape index (κ3) is 5.12. The molecule has 178 valence electrons. The second-order valence-corrected chi connectivity index (χ2v) is 9.88. The van der Waals surface area contributed by atoms with Crippen molar-refractivity contribution in [1.29, 1.82) is 5.26 Å². The lowest BCUT2D eigenvalue weighted by molar-refractivity contribution is 0.0407. The van der Waals surface area contributed by atoms with Crippen molar-refractivity contribution in [3.05, 3.63) is 95.2 Å². The highest BCUT2D eigenvalue weighted by molar-refractivity contribution is 5.78. The smallest absolute Gasteiger partial charge is 0.0994 e. The van der Waals surface area contributed by atoms with E-state index in [0.717, 1.165) is 77.7 Å². The summed E-state index contributed by atoms with van der Waals surface area (Å²) in [6.45, 7) is 5.54. The number of aliphatic hydroxyl groups is 1. The first-order valence-electron chi connectivity index (χ1n) is 12.2. The number of rotatable bonds is 7. The van der Waals surface area contributed by atoms with Crippen LogP contribution >= 0.6 is 0 Å². The monoisotopic (exact) mass is 465 g/mol. The summed E-state index contributed by atoms with van der Waals surface area (Å²) >= 11 is 0. The Balaban J connectivity index is 1.27. The van der Waals surface area contributed by atoms with Crippen LogP contribution in [0.2, 0.25) is 0 Å². The van der Waals surface area contributed by atoms with Gasteiger partial charge in [-0.2, -0.15) is 5.26 Å². The molecule has 2 aromatic heterocycles. The van der Waals surface area contributed by atoms with Crippen molar-refractivity contribution in [2.75, 3.05) is 19.7 Å². The number of likely N-dealkylation sites (tertiary alicyclic amines) is 1. The van der Waals surface area contributed by atoms with Crippen molar-refractivity contribution in [3.63, 3.8) is 0 Å². The predicted molar refractivity (Wildman–Crippen MR) is 137 cm³/mol. The molecule has 1 saturated heterocycles. The first-order valence-corrected chi connectivity index (χ1v) is 12.2. The van der Waals surface area contributed by atoms with Crippen LogP contribution in [0.3, 0.4) is 0 Å². The van der Waals surface area contributed by atoms with E-state index in [9.17, 15) is 10.4 Å². The largest absolute Gasteiger partial charge is 0.396 e. The van der Waals surface area contributed by atoms with Gasteiger partial charge in [0.1, 0.15) is 0 Å². The maximum Gasteiger partial charge on any atom is 0.0994 e. The van der Waals surface area contributed by atoms with Crippen LogP contribution in [0.4, 0.5) is 0 Å². The van der Waals surface area contributed by atoms with E-state index in [1.54, 1.807) is 6.20 Å². The molecule has 0 atom stereocenters. The third-order valence-corrected chi connectivity index (χ3v) is 7.48. The molecular weight excluding hydrogens is 434 g/mol. The Morgan fingerprint density at radius 2 is 1.91 bits per heavy atom. The number of imidazole rings is 1. The van der Waals surface area contributed by atoms with Gasteiger partial charge < -0.3 is 9.67 Å². The molecule has 1 aliphatic rings. The summed E-state index contributed by atoms with van der Waals surface area (Å²) in [6.07, 6.45) is 8.18. The van der Waals surface area contributed by atoms with Crippen molar-refractivity contribution in [3.8, 4) is 6.07 Å². The maximum atomic E-state index is 10.4. The third-order valence-electron chi connectivity index (χ3n) is 7.48. The number of aromatic nitrogens is 3. The Morgan fingerprint density at radius 3 is 2.66 bits per heavy atom. The Hall–Kier alpha value is -3.53. The lowest BCUT2D eigenvalue weighted by atomic mass is 9.75. The van der Waals surface area contributed by atoms with Crippen LogP contribution in [0.15, 0.2) is 67.3 Å². The molecule has 1 N–H and O–H groups in total. The summed E-state index contributed by atoms with van der Waals surface area (Å²) in [5.74, 6) is 0. The average molecular weight is 466 g/mol. The Labute approximate surface area is 206 Å². The Morgan fingerprint density at radius 1 is 1.09 bits per heavy atom. The highest BCUT2D eigenvalue weighted by Gasteiger charge is 2.34. The van der Waals surface area contributed by atoms with Gasteiger partial charge in [-0.1, -0.05) is 30.3 Å². The number of aliphatic hydroxyl groups excluding tert-OH is 1. The summed E-state index contributed by atoms with van der Waals surface area (Å²) in [5.41, 5.74) is 6.01. The van der Waals surface area contributed by atoms with Gasteiger partial charge in [0.2, 0.25) is 0 Å². The molecule has 0 aliphatic carbocycles. The molecule has 6 heteroatoms. The topological polar surface area (TPSA) is 78.0 Å². The summed E-state index contributed by atoms with van der Waals surface area (Å²) in [6, 6.07) is 19.0. The minimum absolute atomic E-state index is 0.135. The number of para-hydroxylation sites is 1. The van der Waals surface area contributed by atoms with E-state index in [0.29, 0.717) is 6.54 Å². The standard InChI is InChI=1S/C29H31N5O/c1-22-25(17-30)14-23(15-26(22)19-34-13-10-31-21-34)18-33-11-8-29(20-35,9-12-33)16-27-7-6-24-4-2-3-5-28(24)32-27/h2-7,10,13-15,21,35H,8-9,11-12,16,18-20H2,1H3. The zero-order valence-electron chi connectivity index (χ0n) is 20.2. The Kier molecular flexibility index (Phi) is 6.63. The van der Waals surface area contributed by atoms with Crippen LogP contribution in [0.1, 0.15) is 40.8 Å². The second-order valence-electron chi connectivity index (χ2n) is 9.88.